The Balaban J connectivity index is 1.99. The molecule has 0 spiro atoms. The maximum atomic E-state index is 12.8. The third-order valence-electron chi connectivity index (χ3n) is 4.01. The number of nitrogens with two attached hydrogens (primary N) is 1. The molecule has 0 fully saturated rings. The van der Waals surface area contributed by atoms with E-state index in [-0.39, 0.29) is 23.8 Å². The molecule has 0 bridgehead atoms. The van der Waals surface area contributed by atoms with Crippen LogP contribution in [0.3, 0.4) is 0 Å². The van der Waals surface area contributed by atoms with E-state index >= 15 is 0 Å². The van der Waals surface area contributed by atoms with Crippen molar-refractivity contribution in [3.63, 3.8) is 0 Å². The fourth-order valence-corrected chi connectivity index (χ4v) is 3.26. The van der Waals surface area contributed by atoms with Crippen LogP contribution in [-0.2, 0) is 14.9 Å². The minimum absolute atomic E-state index is 0.0449. The Morgan fingerprint density at radius 2 is 1.93 bits per heavy atom. The van der Waals surface area contributed by atoms with Crippen LogP contribution in [0.5, 0.6) is 0 Å². The Hall–Kier alpha value is -3.61. The molecule has 1 heterocycles. The molecule has 2 aromatic carbocycles. The van der Waals surface area contributed by atoms with Crippen molar-refractivity contribution in [3.05, 3.63) is 64.6 Å². The number of benzene rings is 2. The van der Waals surface area contributed by atoms with Crippen molar-refractivity contribution in [2.24, 2.45) is 16.0 Å². The van der Waals surface area contributed by atoms with Gasteiger partial charge in [0.1, 0.15) is 10.6 Å². The molecule has 0 aliphatic carbocycles. The molecule has 30 heavy (non-hydrogen) atoms. The van der Waals surface area contributed by atoms with Crippen molar-refractivity contribution < 1.29 is 17.8 Å². The zero-order valence-corrected chi connectivity index (χ0v) is 16.5. The highest BCUT2D eigenvalue weighted by molar-refractivity contribution is 7.86. The number of carbonyl (C=O) groups excluding carboxylic acids is 1. The Morgan fingerprint density at radius 1 is 1.20 bits per heavy atom. The van der Waals surface area contributed by atoms with E-state index in [0.717, 1.165) is 0 Å². The fourth-order valence-electron chi connectivity index (χ4n) is 2.63. The molecular formula is C18H18N6O5S. The van der Waals surface area contributed by atoms with Crippen LogP contribution in [0.4, 0.5) is 17.1 Å². The number of aromatic amines is 1. The second kappa shape index (κ2) is 8.41. The molecule has 12 heteroatoms. The number of nitrogens with zero attached hydrogens (tertiary/aromatic N) is 3. The lowest BCUT2D eigenvalue weighted by Crippen LogP contribution is -2.22. The lowest BCUT2D eigenvalue weighted by molar-refractivity contribution is -0.114. The summed E-state index contributed by atoms with van der Waals surface area (Å²) in [5.74, 6) is -0.380. The van der Waals surface area contributed by atoms with Crippen molar-refractivity contribution in [3.8, 4) is 5.69 Å². The average Bonchev–Trinajstić information content (AvgIpc) is 2.99. The quantitative estimate of drug-likeness (QED) is 0.344. The van der Waals surface area contributed by atoms with Gasteiger partial charge in [0.15, 0.2) is 5.69 Å². The predicted molar refractivity (Wildman–Crippen MR) is 109 cm³/mol. The normalized spacial score (nSPS) is 11.7. The minimum Gasteiger partial charge on any atom is -0.325 e. The monoisotopic (exact) mass is 430 g/mol. The topological polar surface area (TPSA) is 172 Å². The zero-order valence-electron chi connectivity index (χ0n) is 15.7. The summed E-state index contributed by atoms with van der Waals surface area (Å²) in [6.07, 6.45) is 0. The number of azo groups is 1. The number of anilines is 1. The molecule has 1 amide bonds. The molecule has 0 unspecified atom stereocenters. The molecule has 0 saturated heterocycles. The summed E-state index contributed by atoms with van der Waals surface area (Å²) >= 11 is 0. The summed E-state index contributed by atoms with van der Waals surface area (Å²) in [5.41, 5.74) is 5.85. The highest BCUT2D eigenvalue weighted by Gasteiger charge is 2.16. The summed E-state index contributed by atoms with van der Waals surface area (Å²) in [4.78, 5) is 23.8. The van der Waals surface area contributed by atoms with Gasteiger partial charge in [-0.3, -0.25) is 19.2 Å². The SMILES string of the molecule is Cc1[nH]n(-c2cccc(NC(=O)CN)c2)c(=O)c1N=Nc1ccccc1S(=O)(=O)O. The second-order valence-corrected chi connectivity index (χ2v) is 7.56. The zero-order chi connectivity index (χ0) is 21.9. The van der Waals surface area contributed by atoms with Gasteiger partial charge in [-0.25, -0.2) is 4.68 Å². The first kappa shape index (κ1) is 21.1. The summed E-state index contributed by atoms with van der Waals surface area (Å²) in [6, 6.07) is 12.0. The number of amides is 1. The largest absolute Gasteiger partial charge is 0.325 e. The van der Waals surface area contributed by atoms with Gasteiger partial charge in [-0.05, 0) is 37.3 Å². The van der Waals surface area contributed by atoms with E-state index in [4.69, 9.17) is 5.73 Å². The van der Waals surface area contributed by atoms with Crippen molar-refractivity contribution >= 4 is 33.1 Å². The van der Waals surface area contributed by atoms with E-state index in [1.165, 1.54) is 28.9 Å². The lowest BCUT2D eigenvalue weighted by Gasteiger charge is -2.06. The predicted octanol–water partition coefficient (Wildman–Crippen LogP) is 2.03. The highest BCUT2D eigenvalue weighted by atomic mass is 32.2. The van der Waals surface area contributed by atoms with Crippen LogP contribution in [0.1, 0.15) is 5.69 Å². The summed E-state index contributed by atoms with van der Waals surface area (Å²) in [6.45, 7) is 1.42. The maximum Gasteiger partial charge on any atom is 0.299 e. The standard InChI is InChI=1S/C18H18N6O5S/c1-11-17(22-21-14-7-2-3-8-15(14)30(27,28)29)18(26)24(23-11)13-6-4-5-12(9-13)20-16(25)10-19/h2-9,23H,10,19H2,1H3,(H,20,25)(H,27,28,29). The van der Waals surface area contributed by atoms with Crippen molar-refractivity contribution in [1.82, 2.24) is 9.78 Å². The molecule has 0 radical (unpaired) electrons. The Labute approximate surface area is 171 Å². The molecule has 0 atom stereocenters. The average molecular weight is 430 g/mol. The number of carbonyl (C=O) groups is 1. The van der Waals surface area contributed by atoms with Gasteiger partial charge in [-0.15, -0.1) is 10.2 Å². The first-order valence-electron chi connectivity index (χ1n) is 8.61. The Bertz CT molecular complexity index is 1290. The van der Waals surface area contributed by atoms with Gasteiger partial charge in [0.25, 0.3) is 15.7 Å². The molecule has 11 nitrogen and oxygen atoms in total. The Kier molecular flexibility index (Phi) is 5.91. The maximum absolute atomic E-state index is 12.8. The molecule has 0 aliphatic rings. The fraction of sp³-hybridized carbons (Fsp3) is 0.111. The summed E-state index contributed by atoms with van der Waals surface area (Å²) < 4.78 is 33.4. The molecule has 3 rings (SSSR count). The molecule has 156 valence electrons. The molecule has 0 aliphatic heterocycles. The van der Waals surface area contributed by atoms with E-state index in [2.05, 4.69) is 20.6 Å². The van der Waals surface area contributed by atoms with E-state index in [9.17, 15) is 22.6 Å². The lowest BCUT2D eigenvalue weighted by atomic mass is 10.2. The van der Waals surface area contributed by atoms with Crippen LogP contribution in [0.15, 0.2) is 68.4 Å². The number of nitrogens with one attached hydrogen (secondary N) is 2. The van der Waals surface area contributed by atoms with Crippen molar-refractivity contribution in [1.29, 1.82) is 0 Å². The first-order valence-corrected chi connectivity index (χ1v) is 10.0. The van der Waals surface area contributed by atoms with Gasteiger partial charge in [-0.2, -0.15) is 8.42 Å². The minimum atomic E-state index is -4.50. The van der Waals surface area contributed by atoms with Crippen LogP contribution < -0.4 is 16.6 Å². The Morgan fingerprint density at radius 3 is 2.63 bits per heavy atom. The molecule has 1 aromatic heterocycles. The molecular weight excluding hydrogens is 412 g/mol. The van der Waals surface area contributed by atoms with Crippen LogP contribution in [0.25, 0.3) is 5.69 Å². The number of aryl methyl sites for hydroxylation is 1. The summed E-state index contributed by atoms with van der Waals surface area (Å²) in [5, 5.41) is 13.1. The van der Waals surface area contributed by atoms with Gasteiger partial charge in [0, 0.05) is 5.69 Å². The van der Waals surface area contributed by atoms with E-state index < -0.39 is 20.6 Å². The third-order valence-corrected chi connectivity index (χ3v) is 4.92. The van der Waals surface area contributed by atoms with E-state index in [1.807, 2.05) is 0 Å². The van der Waals surface area contributed by atoms with Crippen LogP contribution >= 0.6 is 0 Å². The number of hydrogen-bond donors (Lipinski definition) is 4. The molecule has 0 saturated carbocycles. The number of aromatic nitrogens is 2. The van der Waals surface area contributed by atoms with Crippen LogP contribution in [0, 0.1) is 6.92 Å². The summed E-state index contributed by atoms with van der Waals surface area (Å²) in [7, 11) is -4.50. The van der Waals surface area contributed by atoms with Gasteiger partial charge in [0.2, 0.25) is 5.91 Å². The van der Waals surface area contributed by atoms with Crippen molar-refractivity contribution in [2.75, 3.05) is 11.9 Å². The van der Waals surface area contributed by atoms with Crippen molar-refractivity contribution in [2.45, 2.75) is 11.8 Å². The second-order valence-electron chi connectivity index (χ2n) is 6.17. The van der Waals surface area contributed by atoms with E-state index in [1.54, 1.807) is 31.2 Å². The number of rotatable bonds is 6. The van der Waals surface area contributed by atoms with Crippen LogP contribution in [0.2, 0.25) is 0 Å². The van der Waals surface area contributed by atoms with Gasteiger partial charge < -0.3 is 11.1 Å². The van der Waals surface area contributed by atoms with E-state index in [0.29, 0.717) is 17.1 Å². The smallest absolute Gasteiger partial charge is 0.299 e. The number of H-pyrrole nitrogens is 1. The first-order chi connectivity index (χ1) is 14.2. The third kappa shape index (κ3) is 4.51. The van der Waals surface area contributed by atoms with Gasteiger partial charge in [0.05, 0.1) is 17.9 Å². The molecule has 5 N–H and O–H groups in total. The van der Waals surface area contributed by atoms with Gasteiger partial charge in [-0.1, -0.05) is 18.2 Å². The van der Waals surface area contributed by atoms with Gasteiger partial charge >= 0.3 is 0 Å². The highest BCUT2D eigenvalue weighted by Crippen LogP contribution is 2.26. The molecule has 3 aromatic rings. The van der Waals surface area contributed by atoms with Crippen LogP contribution in [-0.4, -0.2) is 35.2 Å². The number of hydrogen-bond acceptors (Lipinski definition) is 7.